The summed E-state index contributed by atoms with van der Waals surface area (Å²) in [5.74, 6) is -1.09. The van der Waals surface area contributed by atoms with E-state index in [-0.39, 0.29) is 0 Å². The van der Waals surface area contributed by atoms with E-state index in [1.807, 2.05) is 19.1 Å². The third-order valence-electron chi connectivity index (χ3n) is 2.14. The van der Waals surface area contributed by atoms with Gasteiger partial charge in [0.25, 0.3) is 0 Å². The number of carboxylic acids is 1. The molecule has 0 aromatic heterocycles. The number of anilines is 1. The lowest BCUT2D eigenvalue weighted by atomic mass is 10.2. The third-order valence-corrected chi connectivity index (χ3v) is 3.39. The normalized spacial score (nSPS) is 11.8. The highest BCUT2D eigenvalue weighted by molar-refractivity contribution is 9.11. The number of aryl methyl sites for hydroxylation is 1. The molecule has 1 rings (SSSR count). The van der Waals surface area contributed by atoms with Gasteiger partial charge in [0.1, 0.15) is 6.04 Å². The molecule has 0 fully saturated rings. The number of amides is 2. The first-order valence-electron chi connectivity index (χ1n) is 5.07. The Morgan fingerprint density at radius 2 is 1.78 bits per heavy atom. The summed E-state index contributed by atoms with van der Waals surface area (Å²) >= 11 is 6.67. The van der Waals surface area contributed by atoms with Crippen LogP contribution in [0.2, 0.25) is 0 Å². The van der Waals surface area contributed by atoms with E-state index in [9.17, 15) is 9.59 Å². The number of aliphatic carboxylic acids is 1. The summed E-state index contributed by atoms with van der Waals surface area (Å²) in [6.45, 7) is 3.31. The predicted molar refractivity (Wildman–Crippen MR) is 75.8 cm³/mol. The van der Waals surface area contributed by atoms with Crippen LogP contribution in [0.25, 0.3) is 0 Å². The van der Waals surface area contributed by atoms with Crippen molar-refractivity contribution in [3.05, 3.63) is 26.6 Å². The molecule has 0 radical (unpaired) electrons. The second-order valence-corrected chi connectivity index (χ2v) is 5.47. The lowest BCUT2D eigenvalue weighted by Gasteiger charge is -2.13. The van der Waals surface area contributed by atoms with Gasteiger partial charge in [-0.15, -0.1) is 0 Å². The first-order valence-corrected chi connectivity index (χ1v) is 6.66. The van der Waals surface area contributed by atoms with Crippen LogP contribution in [0.15, 0.2) is 21.1 Å². The van der Waals surface area contributed by atoms with Gasteiger partial charge in [0, 0.05) is 8.95 Å². The van der Waals surface area contributed by atoms with Crippen molar-refractivity contribution in [3.63, 3.8) is 0 Å². The molecule has 18 heavy (non-hydrogen) atoms. The average molecular weight is 380 g/mol. The number of carbonyl (C=O) groups is 2. The summed E-state index contributed by atoms with van der Waals surface area (Å²) in [5.41, 5.74) is 1.58. The largest absolute Gasteiger partial charge is 0.480 e. The fraction of sp³-hybridized carbons (Fsp3) is 0.273. The fourth-order valence-electron chi connectivity index (χ4n) is 1.23. The van der Waals surface area contributed by atoms with E-state index in [0.29, 0.717) is 14.6 Å². The SMILES string of the molecule is Cc1cc(Br)c(NC(=O)N[C@H](C)C(=O)O)c(Br)c1. The minimum atomic E-state index is -1.09. The number of urea groups is 1. The molecule has 1 aromatic rings. The van der Waals surface area contributed by atoms with Crippen molar-refractivity contribution in [2.45, 2.75) is 19.9 Å². The van der Waals surface area contributed by atoms with Crippen molar-refractivity contribution in [1.82, 2.24) is 5.32 Å². The van der Waals surface area contributed by atoms with E-state index in [2.05, 4.69) is 42.5 Å². The van der Waals surface area contributed by atoms with E-state index in [4.69, 9.17) is 5.11 Å². The molecule has 7 heteroatoms. The Balaban J connectivity index is 2.80. The third kappa shape index (κ3) is 3.99. The monoisotopic (exact) mass is 378 g/mol. The molecule has 98 valence electrons. The minimum absolute atomic E-state index is 0.552. The van der Waals surface area contributed by atoms with Gasteiger partial charge in [0.2, 0.25) is 0 Å². The molecule has 0 heterocycles. The molecule has 0 aliphatic carbocycles. The summed E-state index contributed by atoms with van der Waals surface area (Å²) in [6.07, 6.45) is 0. The van der Waals surface area contributed by atoms with Crippen LogP contribution in [-0.2, 0) is 4.79 Å². The highest BCUT2D eigenvalue weighted by Crippen LogP contribution is 2.32. The van der Waals surface area contributed by atoms with Gasteiger partial charge in [-0.05, 0) is 63.4 Å². The van der Waals surface area contributed by atoms with E-state index in [1.54, 1.807) is 0 Å². The first kappa shape index (κ1) is 15.0. The molecule has 0 aliphatic heterocycles. The number of hydrogen-bond acceptors (Lipinski definition) is 2. The average Bonchev–Trinajstić information content (AvgIpc) is 2.23. The van der Waals surface area contributed by atoms with Gasteiger partial charge in [-0.25, -0.2) is 4.79 Å². The molecule has 0 bridgehead atoms. The van der Waals surface area contributed by atoms with Gasteiger partial charge >= 0.3 is 12.0 Å². The maximum Gasteiger partial charge on any atom is 0.325 e. The number of carboxylic acid groups (broad SMARTS) is 1. The van der Waals surface area contributed by atoms with Gasteiger partial charge in [0.05, 0.1) is 5.69 Å². The van der Waals surface area contributed by atoms with E-state index < -0.39 is 18.0 Å². The van der Waals surface area contributed by atoms with Crippen LogP contribution in [-0.4, -0.2) is 23.1 Å². The zero-order valence-electron chi connectivity index (χ0n) is 9.75. The van der Waals surface area contributed by atoms with Gasteiger partial charge in [-0.3, -0.25) is 4.79 Å². The molecule has 0 aliphatic rings. The molecule has 1 aromatic carbocycles. The van der Waals surface area contributed by atoms with Crippen LogP contribution in [0, 0.1) is 6.92 Å². The van der Waals surface area contributed by atoms with Crippen LogP contribution in [0.4, 0.5) is 10.5 Å². The molecule has 0 spiro atoms. The summed E-state index contributed by atoms with van der Waals surface area (Å²) in [6, 6.07) is 2.17. The highest BCUT2D eigenvalue weighted by Gasteiger charge is 2.15. The molecular weight excluding hydrogens is 368 g/mol. The Labute approximate surface area is 121 Å². The molecule has 0 saturated heterocycles. The van der Waals surface area contributed by atoms with Crippen molar-refractivity contribution < 1.29 is 14.7 Å². The zero-order valence-corrected chi connectivity index (χ0v) is 12.9. The molecular formula is C11H12Br2N2O3. The number of rotatable bonds is 3. The van der Waals surface area contributed by atoms with Crippen molar-refractivity contribution in [2.24, 2.45) is 0 Å². The molecule has 0 saturated carbocycles. The maximum atomic E-state index is 11.6. The smallest absolute Gasteiger partial charge is 0.325 e. The standard InChI is InChI=1S/C11H12Br2N2O3/c1-5-3-7(12)9(8(13)4-5)15-11(18)14-6(2)10(16)17/h3-4,6H,1-2H3,(H,16,17)(H2,14,15,18)/t6-/m1/s1. The van der Waals surface area contributed by atoms with E-state index >= 15 is 0 Å². The number of hydrogen-bond donors (Lipinski definition) is 3. The van der Waals surface area contributed by atoms with Crippen molar-refractivity contribution in [2.75, 3.05) is 5.32 Å². The quantitative estimate of drug-likeness (QED) is 0.754. The Kier molecular flexibility index (Phi) is 5.15. The fourth-order valence-corrected chi connectivity index (χ4v) is 2.84. The number of benzene rings is 1. The van der Waals surface area contributed by atoms with Gasteiger partial charge in [-0.1, -0.05) is 0 Å². The summed E-state index contributed by atoms with van der Waals surface area (Å²) in [7, 11) is 0. The van der Waals surface area contributed by atoms with Crippen LogP contribution in [0.5, 0.6) is 0 Å². The molecule has 1 atom stereocenters. The van der Waals surface area contributed by atoms with E-state index in [1.165, 1.54) is 6.92 Å². The zero-order chi connectivity index (χ0) is 13.9. The minimum Gasteiger partial charge on any atom is -0.480 e. The Bertz CT molecular complexity index is 468. The van der Waals surface area contributed by atoms with Gasteiger partial charge in [0.15, 0.2) is 0 Å². The molecule has 5 nitrogen and oxygen atoms in total. The van der Waals surface area contributed by atoms with Crippen LogP contribution in [0.3, 0.4) is 0 Å². The number of nitrogens with one attached hydrogen (secondary N) is 2. The highest BCUT2D eigenvalue weighted by atomic mass is 79.9. The van der Waals surface area contributed by atoms with Crippen LogP contribution < -0.4 is 10.6 Å². The van der Waals surface area contributed by atoms with Crippen molar-refractivity contribution in [1.29, 1.82) is 0 Å². The van der Waals surface area contributed by atoms with Gasteiger partial charge in [-0.2, -0.15) is 0 Å². The van der Waals surface area contributed by atoms with Crippen molar-refractivity contribution >= 4 is 49.5 Å². The summed E-state index contributed by atoms with van der Waals surface area (Å²) in [4.78, 5) is 22.2. The predicted octanol–water partition coefficient (Wildman–Crippen LogP) is 3.11. The first-order chi connectivity index (χ1) is 8.31. The maximum absolute atomic E-state index is 11.6. The second-order valence-electron chi connectivity index (χ2n) is 3.76. The topological polar surface area (TPSA) is 78.4 Å². The Morgan fingerprint density at radius 1 is 1.28 bits per heavy atom. The van der Waals surface area contributed by atoms with Crippen LogP contribution in [0.1, 0.15) is 12.5 Å². The number of halogens is 2. The molecule has 2 amide bonds. The van der Waals surface area contributed by atoms with Crippen molar-refractivity contribution in [3.8, 4) is 0 Å². The van der Waals surface area contributed by atoms with Gasteiger partial charge < -0.3 is 15.7 Å². The second kappa shape index (κ2) is 6.19. The summed E-state index contributed by atoms with van der Waals surface area (Å²) in [5, 5.41) is 13.6. The number of carbonyl (C=O) groups excluding carboxylic acids is 1. The van der Waals surface area contributed by atoms with Crippen LogP contribution >= 0.6 is 31.9 Å². The lowest BCUT2D eigenvalue weighted by Crippen LogP contribution is -2.40. The molecule has 3 N–H and O–H groups in total. The Morgan fingerprint density at radius 3 is 2.22 bits per heavy atom. The van der Waals surface area contributed by atoms with E-state index in [0.717, 1.165) is 5.56 Å². The summed E-state index contributed by atoms with van der Waals surface area (Å²) < 4.78 is 1.43. The Hall–Kier alpha value is -1.08. The molecule has 0 unspecified atom stereocenters. The lowest BCUT2D eigenvalue weighted by molar-refractivity contribution is -0.138.